The van der Waals surface area contributed by atoms with E-state index in [4.69, 9.17) is 0 Å². The van der Waals surface area contributed by atoms with Gasteiger partial charge in [0.25, 0.3) is 31.6 Å². The van der Waals surface area contributed by atoms with Gasteiger partial charge < -0.3 is 10.2 Å². The number of carbonyl (C=O) groups is 2. The fraction of sp³-hybridized carbons (Fsp3) is 0. The van der Waals surface area contributed by atoms with Crippen molar-refractivity contribution >= 4 is 97.3 Å². The second-order valence-corrected chi connectivity index (χ2v) is 16.0. The molecule has 20 nitrogen and oxygen atoms in total. The van der Waals surface area contributed by atoms with Crippen LogP contribution >= 0.6 is 0 Å². The summed E-state index contributed by atoms with van der Waals surface area (Å²) in [5.41, 5.74) is 3.81. The molecule has 2 aliphatic carbocycles. The van der Waals surface area contributed by atoms with E-state index in [1.54, 1.807) is 36.4 Å². The van der Waals surface area contributed by atoms with Crippen LogP contribution in [0.25, 0.3) is 31.4 Å². The average molecular weight is 948 g/mol. The fourth-order valence-electron chi connectivity index (χ4n) is 6.54. The number of carbonyl (C=O) groups excluding carboxylic acids is 2. The standard InChI is InChI=1S/2C20H13N3O7S.Zn/c2*24-16-8-5-11-3-1-2-4-13(11)19(16)21-22-20-14-7-6-12(23(26)27)9-15(14)18(10-17(20)25)31(28,29)30;/h2*1-10,21,24H,(H,28,29,30);/p+4. The van der Waals surface area contributed by atoms with Crippen LogP contribution in [-0.4, -0.2) is 69.0 Å². The van der Waals surface area contributed by atoms with Crippen molar-refractivity contribution in [3.8, 4) is 11.5 Å². The Labute approximate surface area is 373 Å². The molecule has 0 saturated carbocycles. The largest absolute Gasteiger partial charge is 1.00 e. The number of fused-ring (bicyclic) bond motifs is 4. The molecule has 0 aliphatic heterocycles. The van der Waals surface area contributed by atoms with Crippen molar-refractivity contribution in [1.82, 2.24) is 0 Å². The van der Waals surface area contributed by atoms with Gasteiger partial charge in [0.15, 0.2) is 0 Å². The average Bonchev–Trinajstić information content (AvgIpc) is 3.22. The van der Waals surface area contributed by atoms with Crippen LogP contribution in [0.5, 0.6) is 11.5 Å². The molecule has 0 radical (unpaired) electrons. The van der Waals surface area contributed by atoms with Crippen molar-refractivity contribution in [2.75, 3.05) is 10.9 Å². The zero-order chi connectivity index (χ0) is 44.7. The maximum Gasteiger partial charge on any atom is 1.00 e. The van der Waals surface area contributed by atoms with Gasteiger partial charge in [-0.1, -0.05) is 60.7 Å². The molecule has 0 atom stereocenters. The summed E-state index contributed by atoms with van der Waals surface area (Å²) in [6.45, 7) is 0. The first-order chi connectivity index (χ1) is 29.3. The van der Waals surface area contributed by atoms with Crippen LogP contribution in [0, 0.1) is 20.2 Å². The van der Waals surface area contributed by atoms with Gasteiger partial charge in [-0.3, -0.25) is 49.8 Å². The number of phenolic OH excluding ortho intramolecular Hbond substituents is 2. The number of anilines is 2. The molecule has 0 saturated heterocycles. The summed E-state index contributed by atoms with van der Waals surface area (Å²) in [4.78, 5) is 44.4. The second kappa shape index (κ2) is 17.4. The van der Waals surface area contributed by atoms with Gasteiger partial charge in [0.2, 0.25) is 11.6 Å². The van der Waals surface area contributed by atoms with Crippen LogP contribution in [0.3, 0.4) is 0 Å². The number of aromatic hydroxyl groups is 2. The van der Waals surface area contributed by atoms with Gasteiger partial charge in [0, 0.05) is 88.9 Å². The van der Waals surface area contributed by atoms with Gasteiger partial charge in [0.05, 0.1) is 9.85 Å². The van der Waals surface area contributed by atoms with Gasteiger partial charge in [-0.05, 0) is 35.0 Å². The summed E-state index contributed by atoms with van der Waals surface area (Å²) in [5.74, 6) is -1.96. The number of hydrogen-bond donors (Lipinski definition) is 6. The number of allylic oxidation sites excluding steroid dienone is 2. The maximum atomic E-state index is 12.6. The molecule has 314 valence electrons. The molecule has 0 amide bonds. The number of nitro benzene ring substituents is 2. The molecule has 0 fully saturated rings. The minimum absolute atomic E-state index is 0. The van der Waals surface area contributed by atoms with Crippen LogP contribution in [0.4, 0.5) is 22.7 Å². The number of hydrogen-bond acceptors (Lipinski definition) is 16. The van der Waals surface area contributed by atoms with Gasteiger partial charge >= 0.3 is 5.71 Å². The molecular weight excluding hydrogens is 918 g/mol. The van der Waals surface area contributed by atoms with E-state index < -0.39 is 62.8 Å². The number of non-ortho nitro benzene ring substituents is 2. The molecule has 23 heteroatoms. The van der Waals surface area contributed by atoms with E-state index >= 15 is 0 Å². The number of hydrazone groups is 2. The first-order valence-electron chi connectivity index (χ1n) is 17.5. The topological polar surface area (TPSA) is 318 Å². The van der Waals surface area contributed by atoms with Crippen molar-refractivity contribution < 1.29 is 80.8 Å². The van der Waals surface area contributed by atoms with E-state index in [0.717, 1.165) is 35.0 Å². The van der Waals surface area contributed by atoms with E-state index in [1.807, 2.05) is 24.3 Å². The smallest absolute Gasteiger partial charge is 0.506 e. The Hall–Kier alpha value is -7.56. The number of ketones is 2. The number of nitrogens with one attached hydrogen (secondary N) is 2. The van der Waals surface area contributed by atoms with Crippen molar-refractivity contribution in [3.63, 3.8) is 0 Å². The molecule has 8 rings (SSSR count). The molecule has 6 aromatic rings. The monoisotopic (exact) mass is 946 g/mol. The Bertz CT molecular complexity index is 3130. The van der Waals surface area contributed by atoms with E-state index in [0.29, 0.717) is 22.9 Å². The van der Waals surface area contributed by atoms with Crippen molar-refractivity contribution in [2.24, 2.45) is 10.2 Å². The maximum absolute atomic E-state index is 12.6. The van der Waals surface area contributed by atoms with E-state index in [1.165, 1.54) is 24.3 Å². The van der Waals surface area contributed by atoms with E-state index in [-0.39, 0.29) is 81.7 Å². The summed E-state index contributed by atoms with van der Waals surface area (Å²) in [5, 5.41) is 53.6. The molecule has 0 aromatic heterocycles. The molecule has 0 heterocycles. The quantitative estimate of drug-likeness (QED) is 0.0307. The zero-order valence-electron chi connectivity index (χ0n) is 35.7. The van der Waals surface area contributed by atoms with Gasteiger partial charge in [-0.2, -0.15) is 27.0 Å². The molecule has 0 unspecified atom stereocenters. The summed E-state index contributed by atoms with van der Waals surface area (Å²) in [6, 6.07) is 26.9. The van der Waals surface area contributed by atoms with E-state index in [2.05, 4.69) is 21.1 Å². The minimum atomic E-state index is -4.84. The summed E-state index contributed by atoms with van der Waals surface area (Å²) < 4.78 is 65.9. The van der Waals surface area contributed by atoms with Crippen molar-refractivity contribution in [1.29, 1.82) is 0 Å². The summed E-state index contributed by atoms with van der Waals surface area (Å²) in [6.07, 6.45) is 1.29. The van der Waals surface area contributed by atoms with Crippen LogP contribution in [0.15, 0.2) is 132 Å². The first-order valence-corrected chi connectivity index (χ1v) is 20.4. The summed E-state index contributed by atoms with van der Waals surface area (Å²) in [7, 11) is -9.68. The van der Waals surface area contributed by atoms with Crippen molar-refractivity contribution in [2.45, 2.75) is 0 Å². The molecule has 0 spiro atoms. The number of phenols is 2. The number of nitro groups is 2. The second-order valence-electron chi connectivity index (χ2n) is 13.2. The third-order valence-corrected chi connectivity index (χ3v) is 11.2. The summed E-state index contributed by atoms with van der Waals surface area (Å²) >= 11 is 0. The van der Waals surface area contributed by atoms with Crippen molar-refractivity contribution in [3.05, 3.63) is 164 Å². The molecule has 2 aliphatic rings. The third kappa shape index (κ3) is 9.08. The molecule has 6 N–H and O–H groups in total. The minimum Gasteiger partial charge on any atom is -0.506 e. The van der Waals surface area contributed by atoms with Crippen LogP contribution in [-0.2, 0) is 49.3 Å². The van der Waals surface area contributed by atoms with E-state index in [9.17, 15) is 66.0 Å². The van der Waals surface area contributed by atoms with Crippen LogP contribution in [0.1, 0.15) is 28.0 Å². The first kappa shape index (κ1) is 45.0. The van der Waals surface area contributed by atoms with Gasteiger partial charge in [-0.25, -0.2) is 0 Å². The number of rotatable bonds is 8. The Morgan fingerprint density at radius 3 is 1.25 bits per heavy atom. The third-order valence-electron chi connectivity index (χ3n) is 9.39. The zero-order valence-corrected chi connectivity index (χ0v) is 36.3. The number of benzene rings is 6. The van der Waals surface area contributed by atoms with Gasteiger partial charge in [0.1, 0.15) is 44.1 Å². The Morgan fingerprint density at radius 1 is 0.540 bits per heavy atom. The Morgan fingerprint density at radius 2 is 0.905 bits per heavy atom. The normalized spacial score (nSPS) is 14.7. The molecule has 0 bridgehead atoms. The Kier molecular flexibility index (Phi) is 12.4. The molecular formula is C40H30N6O14S2Zn+4. The molecule has 63 heavy (non-hydrogen) atoms. The van der Waals surface area contributed by atoms with Gasteiger partial charge in [-0.15, -0.1) is 0 Å². The predicted molar refractivity (Wildman–Crippen MR) is 231 cm³/mol. The van der Waals surface area contributed by atoms with Crippen LogP contribution in [0.2, 0.25) is 0 Å². The van der Waals surface area contributed by atoms with Crippen LogP contribution < -0.4 is 10.9 Å². The molecule has 6 aromatic carbocycles. The number of nitrogens with zero attached hydrogens (tertiary/aromatic N) is 4. The fourth-order valence-corrected chi connectivity index (χ4v) is 7.95. The predicted octanol–water partition coefficient (Wildman–Crippen LogP) is 6.61. The Balaban J connectivity index is 0.000000428. The SMILES string of the molecule is O=C1C=C(S(=O)(=O)O)c2cc([N+](=O)[O-])ccc2C1=NNc1c(O)ccc2ccccc12.O=C1C=C(S(=O)(=O)O)c2cc([N+](=O)[O-])ccc2C1=NNc1c(O)ccc2ccccc12.[H+].[H+].[H+].[H+].[Zn].